The highest BCUT2D eigenvalue weighted by Gasteiger charge is 2.33. The predicted octanol–water partition coefficient (Wildman–Crippen LogP) is 9.55. The summed E-state index contributed by atoms with van der Waals surface area (Å²) in [6, 6.07) is 24.9. The van der Waals surface area contributed by atoms with Crippen LogP contribution in [0, 0.1) is 5.92 Å². The van der Waals surface area contributed by atoms with Gasteiger partial charge in [-0.15, -0.1) is 11.3 Å². The summed E-state index contributed by atoms with van der Waals surface area (Å²) >= 11 is 2.01. The summed E-state index contributed by atoms with van der Waals surface area (Å²) in [6.45, 7) is 0. The molecule has 166 valence electrons. The van der Waals surface area contributed by atoms with Gasteiger partial charge in [0.1, 0.15) is 0 Å². The van der Waals surface area contributed by atoms with Gasteiger partial charge in [0.15, 0.2) is 0 Å². The molecule has 0 nitrogen and oxygen atoms in total. The van der Waals surface area contributed by atoms with Crippen molar-refractivity contribution in [3.05, 3.63) is 124 Å². The van der Waals surface area contributed by atoms with Gasteiger partial charge in [-0.25, -0.2) is 0 Å². The average molecular weight is 465 g/mol. The maximum absolute atomic E-state index is 2.53. The van der Waals surface area contributed by atoms with E-state index in [9.17, 15) is 0 Å². The van der Waals surface area contributed by atoms with Crippen molar-refractivity contribution < 1.29 is 0 Å². The topological polar surface area (TPSA) is 0 Å². The van der Waals surface area contributed by atoms with Crippen LogP contribution in [0.4, 0.5) is 0 Å². The molecule has 35 heavy (non-hydrogen) atoms. The van der Waals surface area contributed by atoms with Crippen molar-refractivity contribution in [3.8, 4) is 0 Å². The van der Waals surface area contributed by atoms with Gasteiger partial charge in [-0.05, 0) is 68.3 Å². The van der Waals surface area contributed by atoms with Crippen LogP contribution in [0.25, 0.3) is 49.4 Å². The zero-order chi connectivity index (χ0) is 22.9. The van der Waals surface area contributed by atoms with Crippen molar-refractivity contribution in [2.45, 2.75) is 18.8 Å². The predicted molar refractivity (Wildman–Crippen MR) is 153 cm³/mol. The molecule has 0 spiro atoms. The molecule has 0 amide bonds. The Morgan fingerprint density at radius 1 is 0.657 bits per heavy atom. The summed E-state index contributed by atoms with van der Waals surface area (Å²) in [5, 5.41) is 6.88. The minimum Gasteiger partial charge on any atom is -0.139 e. The lowest BCUT2D eigenvalue weighted by atomic mass is 9.69. The first-order chi connectivity index (χ1) is 17.4. The lowest BCUT2D eigenvalue weighted by Crippen LogP contribution is -2.18. The molecule has 1 heteroatoms. The second-order valence-corrected chi connectivity index (χ2v) is 11.0. The van der Waals surface area contributed by atoms with Crippen molar-refractivity contribution >= 4 is 60.7 Å². The second-order valence-electron chi connectivity index (χ2n) is 9.90. The van der Waals surface area contributed by atoms with E-state index in [1.54, 1.807) is 4.88 Å². The molecule has 0 radical (unpaired) electrons. The number of hydrogen-bond donors (Lipinski definition) is 0. The number of fused-ring (bicyclic) bond motifs is 11. The van der Waals surface area contributed by atoms with Crippen molar-refractivity contribution in [2.24, 2.45) is 5.92 Å². The largest absolute Gasteiger partial charge is 0.139 e. The van der Waals surface area contributed by atoms with E-state index in [4.69, 9.17) is 0 Å². The highest BCUT2D eigenvalue weighted by molar-refractivity contribution is 7.19. The number of thiophene rings is 1. The Morgan fingerprint density at radius 3 is 2.23 bits per heavy atom. The zero-order valence-corrected chi connectivity index (χ0v) is 20.2. The van der Waals surface area contributed by atoms with Gasteiger partial charge in [-0.3, -0.25) is 0 Å². The number of allylic oxidation sites excluding steroid dienone is 6. The minimum absolute atomic E-state index is 0.342. The van der Waals surface area contributed by atoms with Crippen LogP contribution >= 0.6 is 11.3 Å². The van der Waals surface area contributed by atoms with Gasteiger partial charge in [-0.2, -0.15) is 0 Å². The van der Waals surface area contributed by atoms with Crippen LogP contribution < -0.4 is 0 Å². The van der Waals surface area contributed by atoms with Gasteiger partial charge in [0.25, 0.3) is 0 Å². The molecule has 3 aliphatic rings. The minimum atomic E-state index is 0.342. The quantitative estimate of drug-likeness (QED) is 0.217. The average Bonchev–Trinajstić information content (AvgIpc) is 3.31. The highest BCUT2D eigenvalue weighted by Crippen LogP contribution is 2.52. The summed E-state index contributed by atoms with van der Waals surface area (Å²) in [7, 11) is 0. The van der Waals surface area contributed by atoms with E-state index in [0.717, 1.165) is 12.8 Å². The van der Waals surface area contributed by atoms with Crippen LogP contribution in [0.2, 0.25) is 0 Å². The molecule has 1 aromatic heterocycles. The molecule has 0 saturated heterocycles. The molecule has 2 unspecified atom stereocenters. The van der Waals surface area contributed by atoms with E-state index in [1.807, 2.05) is 11.3 Å². The third-order valence-corrected chi connectivity index (χ3v) is 9.42. The van der Waals surface area contributed by atoms with Crippen LogP contribution in [-0.2, 0) is 6.42 Å². The molecule has 4 aromatic carbocycles. The third-order valence-electron chi connectivity index (χ3n) is 8.11. The van der Waals surface area contributed by atoms with Gasteiger partial charge in [-0.1, -0.05) is 103 Å². The van der Waals surface area contributed by atoms with Crippen molar-refractivity contribution in [2.75, 3.05) is 0 Å². The molecule has 0 fully saturated rings. The number of aryl methyl sites for hydroxylation is 1. The summed E-state index contributed by atoms with van der Waals surface area (Å²) in [4.78, 5) is 1.54. The van der Waals surface area contributed by atoms with Crippen LogP contribution in [0.15, 0.2) is 97.1 Å². The Morgan fingerprint density at radius 2 is 1.37 bits per heavy atom. The molecule has 5 aromatic rings. The van der Waals surface area contributed by atoms with E-state index in [-0.39, 0.29) is 0 Å². The molecule has 0 aliphatic heterocycles. The number of benzene rings is 4. The van der Waals surface area contributed by atoms with Gasteiger partial charge in [0, 0.05) is 26.8 Å². The number of rotatable bonds is 1. The third kappa shape index (κ3) is 2.73. The van der Waals surface area contributed by atoms with E-state index >= 15 is 0 Å². The van der Waals surface area contributed by atoms with Crippen molar-refractivity contribution in [1.82, 2.24) is 0 Å². The first-order valence-electron chi connectivity index (χ1n) is 12.6. The van der Waals surface area contributed by atoms with Crippen LogP contribution in [0.1, 0.15) is 39.5 Å². The van der Waals surface area contributed by atoms with Gasteiger partial charge < -0.3 is 0 Å². The maximum Gasteiger partial charge on any atom is 0.0427 e. The van der Waals surface area contributed by atoms with Crippen LogP contribution in [0.3, 0.4) is 0 Å². The Kier molecular flexibility index (Phi) is 4.15. The molecule has 0 N–H and O–H groups in total. The maximum atomic E-state index is 2.53. The molecule has 3 aliphatic carbocycles. The van der Waals surface area contributed by atoms with Gasteiger partial charge in [0.05, 0.1) is 0 Å². The Bertz CT molecular complexity index is 1800. The molecular weight excluding hydrogens is 440 g/mol. The van der Waals surface area contributed by atoms with E-state index < -0.39 is 0 Å². The Hall–Kier alpha value is -3.68. The summed E-state index contributed by atoms with van der Waals surface area (Å²) < 4.78 is 1.45. The first-order valence-corrected chi connectivity index (χ1v) is 13.4. The Labute approximate surface area is 209 Å². The lowest BCUT2D eigenvalue weighted by Gasteiger charge is -2.34. The normalized spacial score (nSPS) is 20.2. The van der Waals surface area contributed by atoms with Crippen LogP contribution in [-0.4, -0.2) is 0 Å². The molecular formula is C34H24S. The summed E-state index contributed by atoms with van der Waals surface area (Å²) in [5.41, 5.74) is 7.19. The molecule has 0 bridgehead atoms. The standard InChI is InChI=1S/C34H24S/c1-2-12-23-21(10-1)22-11-3-5-15-26(22)33-27-16-6-4-13-24(27)30(20-31(23)33)29-18-9-17-28-25-14-7-8-19-32(25)35-34(28)29/h1-7,9-18,20,24,27H,8,19H2. The smallest absolute Gasteiger partial charge is 0.0427 e. The molecule has 1 heterocycles. The Balaban J connectivity index is 1.49. The van der Waals surface area contributed by atoms with Crippen molar-refractivity contribution in [3.63, 3.8) is 0 Å². The monoisotopic (exact) mass is 464 g/mol. The van der Waals surface area contributed by atoms with E-state index in [0.29, 0.717) is 11.8 Å². The lowest BCUT2D eigenvalue weighted by molar-refractivity contribution is 0.716. The van der Waals surface area contributed by atoms with E-state index in [2.05, 4.69) is 109 Å². The SMILES string of the molecule is C1=CC2C(c3cccc4c5c(sc34)CCC=C5)=Cc3c(c4ccccc4c4ccccc34)C2C=C1. The highest BCUT2D eigenvalue weighted by atomic mass is 32.1. The van der Waals surface area contributed by atoms with Crippen molar-refractivity contribution in [1.29, 1.82) is 0 Å². The molecule has 0 saturated carbocycles. The molecule has 8 rings (SSSR count). The second kappa shape index (κ2) is 7.41. The van der Waals surface area contributed by atoms with Crippen LogP contribution in [0.5, 0.6) is 0 Å². The first kappa shape index (κ1) is 19.6. The fraction of sp³-hybridized carbons (Fsp3) is 0.118. The summed E-state index contributed by atoms with van der Waals surface area (Å²) in [6.07, 6.45) is 18.9. The summed E-state index contributed by atoms with van der Waals surface area (Å²) in [5.74, 6) is 0.687. The number of hydrogen-bond acceptors (Lipinski definition) is 1. The fourth-order valence-electron chi connectivity index (χ4n) is 6.60. The van der Waals surface area contributed by atoms with Gasteiger partial charge in [0.2, 0.25) is 0 Å². The van der Waals surface area contributed by atoms with Gasteiger partial charge >= 0.3 is 0 Å². The fourth-order valence-corrected chi connectivity index (χ4v) is 7.94. The molecule has 2 atom stereocenters. The zero-order valence-electron chi connectivity index (χ0n) is 19.4. The van der Waals surface area contributed by atoms with E-state index in [1.165, 1.54) is 59.5 Å².